The van der Waals surface area contributed by atoms with Gasteiger partial charge in [-0.1, -0.05) is 0 Å². The van der Waals surface area contributed by atoms with Crippen molar-refractivity contribution in [1.29, 1.82) is 0 Å². The average Bonchev–Trinajstić information content (AvgIpc) is 2.53. The van der Waals surface area contributed by atoms with Gasteiger partial charge in [-0.3, -0.25) is 4.79 Å². The predicted molar refractivity (Wildman–Crippen MR) is 61.0 cm³/mol. The largest absolute Gasteiger partial charge is 0.340 e. The van der Waals surface area contributed by atoms with Crippen LogP contribution in [-0.2, 0) is 9.84 Å². The second-order valence-electron chi connectivity index (χ2n) is 3.29. The lowest BCUT2D eigenvalue weighted by atomic mass is 10.4. The van der Waals surface area contributed by atoms with E-state index in [4.69, 9.17) is 0 Å². The Hall–Kier alpha value is -0.400. The van der Waals surface area contributed by atoms with Crippen LogP contribution in [0.5, 0.6) is 0 Å². The molecule has 0 fully saturated rings. The number of nitrogens with zero attached hydrogens (tertiary/aromatic N) is 1. The van der Waals surface area contributed by atoms with E-state index in [1.165, 1.54) is 11.0 Å². The molecule has 0 radical (unpaired) electrons. The topological polar surface area (TPSA) is 54.5 Å². The number of hydrogen-bond donors (Lipinski definition) is 0. The van der Waals surface area contributed by atoms with Crippen LogP contribution in [0, 0.1) is 0 Å². The Morgan fingerprint density at radius 2 is 2.20 bits per heavy atom. The number of amides is 1. The molecule has 0 N–H and O–H groups in total. The summed E-state index contributed by atoms with van der Waals surface area (Å²) < 4.78 is 24.3. The number of sulfone groups is 1. The van der Waals surface area contributed by atoms with Crippen molar-refractivity contribution in [3.63, 3.8) is 0 Å². The van der Waals surface area contributed by atoms with Crippen LogP contribution in [0.25, 0.3) is 0 Å². The van der Waals surface area contributed by atoms with Gasteiger partial charge in [-0.2, -0.15) is 0 Å². The van der Waals surface area contributed by atoms with Gasteiger partial charge >= 0.3 is 0 Å². The minimum atomic E-state index is -3.31. The second-order valence-corrected chi connectivity index (χ2v) is 7.80. The van der Waals surface area contributed by atoms with E-state index in [0.29, 0.717) is 8.66 Å². The molecule has 0 bridgehead atoms. The van der Waals surface area contributed by atoms with Crippen LogP contribution in [-0.4, -0.2) is 38.6 Å². The molecule has 0 atom stereocenters. The molecule has 15 heavy (non-hydrogen) atoms. The Bertz CT molecular complexity index is 520. The van der Waals surface area contributed by atoms with E-state index in [1.54, 1.807) is 7.05 Å². The van der Waals surface area contributed by atoms with E-state index in [9.17, 15) is 13.2 Å². The van der Waals surface area contributed by atoms with Crippen molar-refractivity contribution in [2.75, 3.05) is 19.3 Å². The van der Waals surface area contributed by atoms with E-state index in [-0.39, 0.29) is 23.1 Å². The molecule has 7 heteroatoms. The minimum Gasteiger partial charge on any atom is -0.340 e. The summed E-state index contributed by atoms with van der Waals surface area (Å²) in [7, 11) is -1.69. The van der Waals surface area contributed by atoms with Crippen LogP contribution in [0.4, 0.5) is 0 Å². The standard InChI is InChI=1S/C8H8BrNO3S2/c1-10-2-3-15(12,13)5-4-6(9)14-7(5)8(10)11/h4H,2-3H2,1H3. The van der Waals surface area contributed by atoms with Crippen molar-refractivity contribution in [2.24, 2.45) is 0 Å². The van der Waals surface area contributed by atoms with E-state index >= 15 is 0 Å². The number of hydrogen-bond acceptors (Lipinski definition) is 4. The summed E-state index contributed by atoms with van der Waals surface area (Å²) in [5, 5.41) is 0. The van der Waals surface area contributed by atoms with Crippen LogP contribution in [0.2, 0.25) is 0 Å². The first-order valence-corrected chi connectivity index (χ1v) is 7.45. The fraction of sp³-hybridized carbons (Fsp3) is 0.375. The Labute approximate surface area is 99.9 Å². The molecule has 0 unspecified atom stereocenters. The molecule has 1 amide bonds. The molecule has 2 heterocycles. The Morgan fingerprint density at radius 3 is 2.87 bits per heavy atom. The van der Waals surface area contributed by atoms with Gasteiger partial charge in [0.1, 0.15) is 4.88 Å². The third-order valence-electron chi connectivity index (χ3n) is 2.24. The van der Waals surface area contributed by atoms with Crippen LogP contribution in [0.1, 0.15) is 9.67 Å². The molecule has 1 aliphatic heterocycles. The van der Waals surface area contributed by atoms with Crippen molar-refractivity contribution in [3.05, 3.63) is 14.7 Å². The fourth-order valence-corrected chi connectivity index (χ4v) is 4.99. The highest BCUT2D eigenvalue weighted by atomic mass is 79.9. The number of fused-ring (bicyclic) bond motifs is 1. The maximum Gasteiger partial charge on any atom is 0.265 e. The molecule has 82 valence electrons. The molecule has 0 saturated heterocycles. The van der Waals surface area contributed by atoms with Gasteiger partial charge in [0, 0.05) is 13.6 Å². The first-order chi connectivity index (χ1) is 6.92. The molecule has 0 spiro atoms. The molecule has 1 aliphatic rings. The van der Waals surface area contributed by atoms with Crippen molar-refractivity contribution in [3.8, 4) is 0 Å². The first kappa shape index (κ1) is 11.1. The quantitative estimate of drug-likeness (QED) is 0.727. The van der Waals surface area contributed by atoms with Crippen LogP contribution in [0.3, 0.4) is 0 Å². The summed E-state index contributed by atoms with van der Waals surface area (Å²) in [6, 6.07) is 1.51. The summed E-state index contributed by atoms with van der Waals surface area (Å²) >= 11 is 4.36. The van der Waals surface area contributed by atoms with Crippen LogP contribution < -0.4 is 0 Å². The lowest BCUT2D eigenvalue weighted by molar-refractivity contribution is 0.0807. The zero-order valence-electron chi connectivity index (χ0n) is 7.86. The van der Waals surface area contributed by atoms with Crippen LogP contribution >= 0.6 is 27.3 Å². The maximum atomic E-state index is 11.8. The number of thiophene rings is 1. The molecule has 0 aliphatic carbocycles. The number of rotatable bonds is 0. The van der Waals surface area contributed by atoms with Gasteiger partial charge < -0.3 is 4.90 Å². The molecular formula is C8H8BrNO3S2. The summed E-state index contributed by atoms with van der Waals surface area (Å²) in [6.45, 7) is 0.250. The molecule has 2 rings (SSSR count). The van der Waals surface area contributed by atoms with Crippen molar-refractivity contribution < 1.29 is 13.2 Å². The highest BCUT2D eigenvalue weighted by molar-refractivity contribution is 9.11. The summed E-state index contributed by atoms with van der Waals surface area (Å²) in [5.74, 6) is -0.229. The molecule has 0 saturated carbocycles. The summed E-state index contributed by atoms with van der Waals surface area (Å²) in [5.41, 5.74) is 0. The highest BCUT2D eigenvalue weighted by Crippen LogP contribution is 2.33. The molecular weight excluding hydrogens is 302 g/mol. The smallest absolute Gasteiger partial charge is 0.265 e. The third-order valence-corrected chi connectivity index (χ3v) is 5.71. The SMILES string of the molecule is CN1CCS(=O)(=O)c2cc(Br)sc2C1=O. The lowest BCUT2D eigenvalue weighted by Crippen LogP contribution is -2.27. The van der Waals surface area contributed by atoms with Gasteiger partial charge in [-0.15, -0.1) is 11.3 Å². The second kappa shape index (κ2) is 3.57. The van der Waals surface area contributed by atoms with Gasteiger partial charge in [-0.05, 0) is 22.0 Å². The van der Waals surface area contributed by atoms with E-state index < -0.39 is 9.84 Å². The number of carbonyl (C=O) groups is 1. The summed E-state index contributed by atoms with van der Waals surface area (Å²) in [4.78, 5) is 13.7. The highest BCUT2D eigenvalue weighted by Gasteiger charge is 2.31. The zero-order valence-corrected chi connectivity index (χ0v) is 11.1. The molecule has 4 nitrogen and oxygen atoms in total. The monoisotopic (exact) mass is 309 g/mol. The van der Waals surface area contributed by atoms with Crippen molar-refractivity contribution in [2.45, 2.75) is 4.90 Å². The fourth-order valence-electron chi connectivity index (χ4n) is 1.37. The van der Waals surface area contributed by atoms with Gasteiger partial charge in [0.05, 0.1) is 14.4 Å². The minimum absolute atomic E-state index is 0.00852. The average molecular weight is 310 g/mol. The lowest BCUT2D eigenvalue weighted by Gasteiger charge is -2.11. The normalized spacial score (nSPS) is 19.9. The van der Waals surface area contributed by atoms with Crippen molar-refractivity contribution >= 4 is 43.0 Å². The Morgan fingerprint density at radius 1 is 1.53 bits per heavy atom. The van der Waals surface area contributed by atoms with Crippen LogP contribution in [0.15, 0.2) is 14.7 Å². The van der Waals surface area contributed by atoms with Crippen molar-refractivity contribution in [1.82, 2.24) is 4.90 Å². The third kappa shape index (κ3) is 1.83. The van der Waals surface area contributed by atoms with E-state index in [0.717, 1.165) is 11.3 Å². The number of carbonyl (C=O) groups excluding carboxylic acids is 1. The molecule has 0 aromatic carbocycles. The maximum absolute atomic E-state index is 11.8. The van der Waals surface area contributed by atoms with Gasteiger partial charge in [-0.25, -0.2) is 8.42 Å². The van der Waals surface area contributed by atoms with Gasteiger partial charge in [0.25, 0.3) is 5.91 Å². The first-order valence-electron chi connectivity index (χ1n) is 4.19. The van der Waals surface area contributed by atoms with E-state index in [1.807, 2.05) is 0 Å². The van der Waals surface area contributed by atoms with E-state index in [2.05, 4.69) is 15.9 Å². The molecule has 1 aromatic rings. The Balaban J connectivity index is 2.69. The summed E-state index contributed by atoms with van der Waals surface area (Å²) in [6.07, 6.45) is 0. The Kier molecular flexibility index (Phi) is 2.64. The zero-order chi connectivity index (χ0) is 11.2. The number of halogens is 1. The molecule has 1 aromatic heterocycles. The van der Waals surface area contributed by atoms with Gasteiger partial charge in [0.2, 0.25) is 0 Å². The predicted octanol–water partition coefficient (Wildman–Crippen LogP) is 1.37. The van der Waals surface area contributed by atoms with Gasteiger partial charge in [0.15, 0.2) is 9.84 Å².